The van der Waals surface area contributed by atoms with Gasteiger partial charge in [-0.1, -0.05) is 0 Å². The van der Waals surface area contributed by atoms with E-state index >= 15 is 0 Å². The van der Waals surface area contributed by atoms with Gasteiger partial charge in [0, 0.05) is 18.2 Å². The summed E-state index contributed by atoms with van der Waals surface area (Å²) in [4.78, 5) is 28.1. The fourth-order valence-electron chi connectivity index (χ4n) is 2.74. The quantitative estimate of drug-likeness (QED) is 0.863. The lowest BCUT2D eigenvalue weighted by atomic mass is 10.1. The zero-order chi connectivity index (χ0) is 17.5. The van der Waals surface area contributed by atoms with Crippen molar-refractivity contribution in [2.24, 2.45) is 0 Å². The molecule has 3 rings (SSSR count). The summed E-state index contributed by atoms with van der Waals surface area (Å²) >= 11 is 0. The maximum atomic E-state index is 12.6. The Balaban J connectivity index is 1.94. The minimum absolute atomic E-state index is 0.0917. The molecule has 24 heavy (non-hydrogen) atoms. The second kappa shape index (κ2) is 5.97. The fourth-order valence-corrected chi connectivity index (χ4v) is 2.74. The highest BCUT2D eigenvalue weighted by Crippen LogP contribution is 2.28. The Kier molecular flexibility index (Phi) is 4.12. The third kappa shape index (κ3) is 3.30. The van der Waals surface area contributed by atoms with Gasteiger partial charge in [-0.2, -0.15) is 13.2 Å². The summed E-state index contributed by atoms with van der Waals surface area (Å²) in [6, 6.07) is 4.20. The molecule has 0 aliphatic heterocycles. The molecule has 1 amide bonds. The molecule has 0 radical (unpaired) electrons. The van der Waals surface area contributed by atoms with Gasteiger partial charge in [0.05, 0.1) is 17.6 Å². The van der Waals surface area contributed by atoms with Crippen LogP contribution >= 0.6 is 0 Å². The number of carbonyl (C=O) groups is 1. The largest absolute Gasteiger partial charge is 0.406 e. The molecule has 0 unspecified atom stereocenters. The number of carbonyl (C=O) groups excluding carboxylic acids is 1. The average Bonchev–Trinajstić information content (AvgIpc) is 3.29. The fraction of sp³-hybridized carbons (Fsp3) is 0.467. The van der Waals surface area contributed by atoms with E-state index in [-0.39, 0.29) is 41.7 Å². The Hall–Kier alpha value is -2.29. The summed E-state index contributed by atoms with van der Waals surface area (Å²) in [5.41, 5.74) is -0.339. The van der Waals surface area contributed by atoms with Crippen LogP contribution in [0, 0.1) is 0 Å². The minimum Gasteiger partial charge on any atom is -0.395 e. The minimum atomic E-state index is -4.52. The molecule has 130 valence electrons. The van der Waals surface area contributed by atoms with Crippen molar-refractivity contribution in [1.82, 2.24) is 14.5 Å². The van der Waals surface area contributed by atoms with E-state index in [2.05, 4.69) is 4.98 Å². The zero-order valence-electron chi connectivity index (χ0n) is 12.6. The highest BCUT2D eigenvalue weighted by molar-refractivity contribution is 5.97. The molecule has 1 heterocycles. The highest BCUT2D eigenvalue weighted by atomic mass is 19.4. The number of fused-ring (bicyclic) bond motifs is 1. The number of rotatable bonds is 5. The smallest absolute Gasteiger partial charge is 0.395 e. The Labute approximate surface area is 134 Å². The van der Waals surface area contributed by atoms with Gasteiger partial charge in [-0.05, 0) is 31.0 Å². The first-order chi connectivity index (χ1) is 11.3. The Bertz CT molecular complexity index is 821. The van der Waals surface area contributed by atoms with Crippen molar-refractivity contribution in [2.45, 2.75) is 31.6 Å². The third-order valence-electron chi connectivity index (χ3n) is 3.95. The molecule has 1 aromatic carbocycles. The molecule has 1 aliphatic rings. The van der Waals surface area contributed by atoms with Crippen LogP contribution < -0.4 is 5.69 Å². The lowest BCUT2D eigenvalue weighted by molar-refractivity contribution is -0.140. The van der Waals surface area contributed by atoms with Gasteiger partial charge in [-0.25, -0.2) is 4.79 Å². The van der Waals surface area contributed by atoms with E-state index in [1.165, 1.54) is 18.2 Å². The van der Waals surface area contributed by atoms with Crippen LogP contribution in [0.15, 0.2) is 23.0 Å². The van der Waals surface area contributed by atoms with Gasteiger partial charge in [0.1, 0.15) is 6.54 Å². The van der Waals surface area contributed by atoms with Crippen LogP contribution in [0.4, 0.5) is 13.2 Å². The number of aromatic nitrogens is 2. The number of aliphatic hydroxyl groups is 1. The number of aromatic amines is 1. The lowest BCUT2D eigenvalue weighted by Gasteiger charge is -2.21. The second-order valence-electron chi connectivity index (χ2n) is 5.82. The molecule has 2 N–H and O–H groups in total. The van der Waals surface area contributed by atoms with Crippen molar-refractivity contribution in [2.75, 3.05) is 13.2 Å². The summed E-state index contributed by atoms with van der Waals surface area (Å²) in [5.74, 6) is -0.308. The number of imidazole rings is 1. The van der Waals surface area contributed by atoms with Crippen LogP contribution in [0.2, 0.25) is 0 Å². The summed E-state index contributed by atoms with van der Waals surface area (Å²) in [6.45, 7) is -1.35. The number of halogens is 3. The number of nitrogens with one attached hydrogen (secondary N) is 1. The van der Waals surface area contributed by atoms with E-state index in [9.17, 15) is 22.8 Å². The van der Waals surface area contributed by atoms with Crippen molar-refractivity contribution < 1.29 is 23.1 Å². The molecule has 0 spiro atoms. The van der Waals surface area contributed by atoms with Crippen LogP contribution in [0.25, 0.3) is 11.0 Å². The van der Waals surface area contributed by atoms with E-state index in [0.29, 0.717) is 4.57 Å². The number of benzene rings is 1. The summed E-state index contributed by atoms with van der Waals surface area (Å²) in [5, 5.41) is 9.08. The number of alkyl halides is 3. The first-order valence-electron chi connectivity index (χ1n) is 7.51. The predicted octanol–water partition coefficient (Wildman–Crippen LogP) is 1.49. The van der Waals surface area contributed by atoms with Crippen LogP contribution in [0.3, 0.4) is 0 Å². The molecular formula is C15H16F3N3O3. The van der Waals surface area contributed by atoms with Gasteiger partial charge in [0.25, 0.3) is 5.91 Å². The van der Waals surface area contributed by atoms with Gasteiger partial charge in [0.2, 0.25) is 0 Å². The Morgan fingerprint density at radius 3 is 2.67 bits per heavy atom. The number of H-pyrrole nitrogens is 1. The number of hydrogen-bond acceptors (Lipinski definition) is 3. The topological polar surface area (TPSA) is 78.3 Å². The number of aliphatic hydroxyl groups excluding tert-OH is 1. The first kappa shape index (κ1) is 16.6. The number of nitrogens with zero attached hydrogens (tertiary/aromatic N) is 2. The van der Waals surface area contributed by atoms with Crippen LogP contribution in [0.1, 0.15) is 23.2 Å². The molecule has 6 nitrogen and oxygen atoms in total. The third-order valence-corrected chi connectivity index (χ3v) is 3.95. The molecule has 1 saturated carbocycles. The predicted molar refractivity (Wildman–Crippen MR) is 79.8 cm³/mol. The molecule has 0 atom stereocenters. The van der Waals surface area contributed by atoms with E-state index in [4.69, 9.17) is 5.11 Å². The van der Waals surface area contributed by atoms with Crippen LogP contribution in [0.5, 0.6) is 0 Å². The first-order valence-corrected chi connectivity index (χ1v) is 7.51. The maximum absolute atomic E-state index is 12.6. The molecule has 1 aromatic heterocycles. The standard InChI is InChI=1S/C15H16F3N3O3/c16-15(17,18)8-21-12-4-1-9(7-11(12)19-14(21)24)13(23)20(5-6-22)10-2-3-10/h1,4,7,10,22H,2-3,5-6,8H2,(H,19,24). The Morgan fingerprint density at radius 2 is 2.08 bits per heavy atom. The Morgan fingerprint density at radius 1 is 1.38 bits per heavy atom. The second-order valence-corrected chi connectivity index (χ2v) is 5.82. The molecule has 1 fully saturated rings. The zero-order valence-corrected chi connectivity index (χ0v) is 12.6. The van der Waals surface area contributed by atoms with Crippen molar-refractivity contribution >= 4 is 16.9 Å². The monoisotopic (exact) mass is 343 g/mol. The molecule has 0 bridgehead atoms. The lowest BCUT2D eigenvalue weighted by Crippen LogP contribution is -2.35. The van der Waals surface area contributed by atoms with Gasteiger partial charge < -0.3 is 15.0 Å². The van der Waals surface area contributed by atoms with E-state index < -0.39 is 18.4 Å². The molecule has 9 heteroatoms. The van der Waals surface area contributed by atoms with Gasteiger partial charge in [-0.15, -0.1) is 0 Å². The molecular weight excluding hydrogens is 327 g/mol. The molecule has 2 aromatic rings. The van der Waals surface area contributed by atoms with Crippen LogP contribution in [-0.4, -0.2) is 50.8 Å². The average molecular weight is 343 g/mol. The van der Waals surface area contributed by atoms with Crippen molar-refractivity contribution in [1.29, 1.82) is 0 Å². The molecule has 1 aliphatic carbocycles. The van der Waals surface area contributed by atoms with E-state index in [0.717, 1.165) is 12.8 Å². The van der Waals surface area contributed by atoms with Crippen LogP contribution in [-0.2, 0) is 6.54 Å². The maximum Gasteiger partial charge on any atom is 0.406 e. The van der Waals surface area contributed by atoms with Gasteiger partial charge in [-0.3, -0.25) is 9.36 Å². The summed E-state index contributed by atoms with van der Waals surface area (Å²) < 4.78 is 38.3. The molecule has 0 saturated heterocycles. The number of amides is 1. The van der Waals surface area contributed by atoms with Gasteiger partial charge in [0.15, 0.2) is 0 Å². The highest BCUT2D eigenvalue weighted by Gasteiger charge is 2.33. The summed E-state index contributed by atoms with van der Waals surface area (Å²) in [7, 11) is 0. The van der Waals surface area contributed by atoms with Crippen molar-refractivity contribution in [3.8, 4) is 0 Å². The van der Waals surface area contributed by atoms with Gasteiger partial charge >= 0.3 is 11.9 Å². The van der Waals surface area contributed by atoms with Crippen molar-refractivity contribution in [3.63, 3.8) is 0 Å². The number of hydrogen-bond donors (Lipinski definition) is 2. The SMILES string of the molecule is O=C(c1ccc2c(c1)[nH]c(=O)n2CC(F)(F)F)N(CCO)C1CC1. The normalized spacial score (nSPS) is 15.0. The van der Waals surface area contributed by atoms with Crippen molar-refractivity contribution in [3.05, 3.63) is 34.2 Å². The van der Waals surface area contributed by atoms with E-state index in [1.54, 1.807) is 4.90 Å². The van der Waals surface area contributed by atoms with E-state index in [1.807, 2.05) is 0 Å². The summed E-state index contributed by atoms with van der Waals surface area (Å²) in [6.07, 6.45) is -2.78.